The number of allylic oxidation sites excluding steroid dienone is 1. The summed E-state index contributed by atoms with van der Waals surface area (Å²) < 4.78 is 10.9. The van der Waals surface area contributed by atoms with Crippen LogP contribution in [0.1, 0.15) is 38.6 Å². The van der Waals surface area contributed by atoms with E-state index in [1.54, 1.807) is 14.2 Å². The summed E-state index contributed by atoms with van der Waals surface area (Å²) in [6, 6.07) is 14.3. The minimum Gasteiger partial charge on any atom is -0.497 e. The number of rotatable bonds is 9. The van der Waals surface area contributed by atoms with Gasteiger partial charge in [0.25, 0.3) is 0 Å². The molecule has 0 saturated carbocycles. The molecule has 0 radical (unpaired) electrons. The normalized spacial score (nSPS) is 20.8. The topological polar surface area (TPSA) is 59.2 Å². The first kappa shape index (κ1) is 23.4. The molecule has 0 bridgehead atoms. The van der Waals surface area contributed by atoms with Gasteiger partial charge in [-0.15, -0.1) is 0 Å². The lowest BCUT2D eigenvalue weighted by atomic mass is 9.70. The largest absolute Gasteiger partial charge is 0.497 e. The molecule has 33 heavy (non-hydrogen) atoms. The summed E-state index contributed by atoms with van der Waals surface area (Å²) in [6.45, 7) is 8.81. The lowest BCUT2D eigenvalue weighted by molar-refractivity contribution is 0.221. The minimum atomic E-state index is 0.519. The lowest BCUT2D eigenvalue weighted by Gasteiger charge is -2.37. The molecule has 0 aliphatic heterocycles. The van der Waals surface area contributed by atoms with Gasteiger partial charge in [0.1, 0.15) is 17.3 Å². The Balaban J connectivity index is 1.44. The number of hydrogen-bond acceptors (Lipinski definition) is 4. The Morgan fingerprint density at radius 2 is 1.94 bits per heavy atom. The highest BCUT2D eigenvalue weighted by Gasteiger charge is 2.32. The van der Waals surface area contributed by atoms with Crippen LogP contribution in [-0.4, -0.2) is 30.7 Å². The van der Waals surface area contributed by atoms with Crippen LogP contribution in [0.3, 0.4) is 0 Å². The first-order valence-electron chi connectivity index (χ1n) is 12.0. The van der Waals surface area contributed by atoms with Crippen LogP contribution < -0.4 is 14.8 Å². The lowest BCUT2D eigenvalue weighted by Crippen LogP contribution is -2.34. The van der Waals surface area contributed by atoms with E-state index in [9.17, 15) is 0 Å². The van der Waals surface area contributed by atoms with Crippen molar-refractivity contribution in [1.82, 2.24) is 15.3 Å². The third-order valence-corrected chi connectivity index (χ3v) is 7.15. The van der Waals surface area contributed by atoms with E-state index in [0.717, 1.165) is 47.9 Å². The number of benzene rings is 2. The van der Waals surface area contributed by atoms with E-state index in [4.69, 9.17) is 14.5 Å². The van der Waals surface area contributed by atoms with Gasteiger partial charge in [0, 0.05) is 31.1 Å². The zero-order chi connectivity index (χ0) is 23.4. The standard InChI is InChI=1S/C28H37N3O2/c1-18(2)24-13-21(14-28-30-25-11-10-23(32-4)15-26(25)31-28)19(3)12-22(24)17-29-16-20-8-6-7-9-27(20)33-5/h6-12,15,18,21-22,24,29H,13-14,16-17H2,1-5H3,(H,30,31)/t21-,22-,24-/m0/s1. The van der Waals surface area contributed by atoms with Crippen molar-refractivity contribution in [2.24, 2.45) is 23.7 Å². The molecule has 0 amide bonds. The summed E-state index contributed by atoms with van der Waals surface area (Å²) >= 11 is 0. The third kappa shape index (κ3) is 5.41. The number of aromatic nitrogens is 2. The average Bonchev–Trinajstić information content (AvgIpc) is 3.22. The quantitative estimate of drug-likeness (QED) is 0.409. The van der Waals surface area contributed by atoms with E-state index in [0.29, 0.717) is 23.7 Å². The molecule has 0 spiro atoms. The monoisotopic (exact) mass is 447 g/mol. The Morgan fingerprint density at radius 1 is 1.12 bits per heavy atom. The molecule has 1 aromatic heterocycles. The minimum absolute atomic E-state index is 0.519. The number of imidazole rings is 1. The molecule has 1 aliphatic rings. The van der Waals surface area contributed by atoms with E-state index in [2.05, 4.69) is 49.3 Å². The number of fused-ring (bicyclic) bond motifs is 1. The average molecular weight is 448 g/mol. The molecule has 5 nitrogen and oxygen atoms in total. The second-order valence-corrected chi connectivity index (χ2v) is 9.63. The molecule has 0 fully saturated rings. The molecule has 1 heterocycles. The molecule has 2 N–H and O–H groups in total. The van der Waals surface area contributed by atoms with Gasteiger partial charge in [0.15, 0.2) is 0 Å². The molecule has 4 rings (SSSR count). The van der Waals surface area contributed by atoms with Crippen LogP contribution in [0.4, 0.5) is 0 Å². The van der Waals surface area contributed by atoms with E-state index < -0.39 is 0 Å². The molecule has 5 heteroatoms. The van der Waals surface area contributed by atoms with Crippen molar-refractivity contribution >= 4 is 11.0 Å². The van der Waals surface area contributed by atoms with Crippen LogP contribution in [0.25, 0.3) is 11.0 Å². The van der Waals surface area contributed by atoms with Crippen molar-refractivity contribution in [3.05, 3.63) is 65.5 Å². The van der Waals surface area contributed by atoms with Gasteiger partial charge in [-0.1, -0.05) is 43.7 Å². The summed E-state index contributed by atoms with van der Waals surface area (Å²) in [4.78, 5) is 8.36. The van der Waals surface area contributed by atoms with Crippen LogP contribution in [-0.2, 0) is 13.0 Å². The first-order chi connectivity index (χ1) is 16.0. The number of H-pyrrole nitrogens is 1. The van der Waals surface area contributed by atoms with Crippen LogP contribution in [0, 0.1) is 23.7 Å². The molecule has 0 unspecified atom stereocenters. The predicted octanol–water partition coefficient (Wildman–Crippen LogP) is 5.77. The third-order valence-electron chi connectivity index (χ3n) is 7.15. The van der Waals surface area contributed by atoms with Crippen molar-refractivity contribution in [1.29, 1.82) is 0 Å². The number of nitrogens with zero attached hydrogens (tertiary/aromatic N) is 1. The van der Waals surface area contributed by atoms with Gasteiger partial charge in [0.2, 0.25) is 0 Å². The fourth-order valence-electron chi connectivity index (χ4n) is 5.23. The number of ether oxygens (including phenoxy) is 2. The zero-order valence-corrected chi connectivity index (χ0v) is 20.5. The molecule has 1 aliphatic carbocycles. The van der Waals surface area contributed by atoms with Crippen molar-refractivity contribution in [3.8, 4) is 11.5 Å². The van der Waals surface area contributed by atoms with E-state index >= 15 is 0 Å². The van der Waals surface area contributed by atoms with Crippen molar-refractivity contribution < 1.29 is 9.47 Å². The maximum atomic E-state index is 5.50. The summed E-state index contributed by atoms with van der Waals surface area (Å²) in [5.41, 5.74) is 4.73. The maximum absolute atomic E-state index is 5.50. The van der Waals surface area contributed by atoms with Crippen molar-refractivity contribution in [2.75, 3.05) is 20.8 Å². The molecule has 0 saturated heterocycles. The van der Waals surface area contributed by atoms with Gasteiger partial charge >= 0.3 is 0 Å². The Labute approximate surface area is 197 Å². The highest BCUT2D eigenvalue weighted by atomic mass is 16.5. The highest BCUT2D eigenvalue weighted by molar-refractivity contribution is 5.76. The van der Waals surface area contributed by atoms with Crippen LogP contribution in [0.5, 0.6) is 11.5 Å². The summed E-state index contributed by atoms with van der Waals surface area (Å²) in [7, 11) is 3.43. The maximum Gasteiger partial charge on any atom is 0.123 e. The number of methoxy groups -OCH3 is 2. The SMILES string of the molecule is COc1ccc2nc(C[C@@H]3C[C@@H](C(C)C)[C@H](CNCc4ccccc4OC)C=C3C)[nH]c2c1. The summed E-state index contributed by atoms with van der Waals surface area (Å²) in [5.74, 6) is 5.20. The number of para-hydroxylation sites is 1. The predicted molar refractivity (Wildman–Crippen MR) is 135 cm³/mol. The van der Waals surface area contributed by atoms with Gasteiger partial charge in [-0.05, 0) is 55.2 Å². The molecular formula is C28H37N3O2. The first-order valence-corrected chi connectivity index (χ1v) is 12.0. The second-order valence-electron chi connectivity index (χ2n) is 9.63. The molecule has 2 aromatic carbocycles. The summed E-state index contributed by atoms with van der Waals surface area (Å²) in [5, 5.41) is 3.69. The Bertz CT molecular complexity index is 1100. The van der Waals surface area contributed by atoms with Gasteiger partial charge in [-0.25, -0.2) is 4.98 Å². The number of hydrogen-bond donors (Lipinski definition) is 2. The van der Waals surface area contributed by atoms with E-state index in [1.165, 1.54) is 17.6 Å². The van der Waals surface area contributed by atoms with Gasteiger partial charge in [0.05, 0.1) is 25.3 Å². The molecule has 3 aromatic rings. The smallest absolute Gasteiger partial charge is 0.123 e. The highest BCUT2D eigenvalue weighted by Crippen LogP contribution is 2.38. The van der Waals surface area contributed by atoms with Gasteiger partial charge < -0.3 is 19.8 Å². The fourth-order valence-corrected chi connectivity index (χ4v) is 5.23. The van der Waals surface area contributed by atoms with Gasteiger partial charge in [-0.2, -0.15) is 0 Å². The Hall–Kier alpha value is -2.79. The fraction of sp³-hybridized carbons (Fsp3) is 0.464. The van der Waals surface area contributed by atoms with Crippen molar-refractivity contribution in [3.63, 3.8) is 0 Å². The number of aromatic amines is 1. The van der Waals surface area contributed by atoms with Crippen LogP contribution in [0.15, 0.2) is 54.1 Å². The second kappa shape index (κ2) is 10.4. The van der Waals surface area contributed by atoms with E-state index in [-0.39, 0.29) is 0 Å². The van der Waals surface area contributed by atoms with Gasteiger partial charge in [-0.3, -0.25) is 0 Å². The van der Waals surface area contributed by atoms with Crippen LogP contribution in [0.2, 0.25) is 0 Å². The Morgan fingerprint density at radius 3 is 2.70 bits per heavy atom. The zero-order valence-electron chi connectivity index (χ0n) is 20.5. The number of nitrogens with one attached hydrogen (secondary N) is 2. The molecule has 176 valence electrons. The van der Waals surface area contributed by atoms with Crippen molar-refractivity contribution in [2.45, 2.75) is 40.2 Å². The van der Waals surface area contributed by atoms with E-state index in [1.807, 2.05) is 30.3 Å². The molecular weight excluding hydrogens is 410 g/mol. The molecule has 3 atom stereocenters. The van der Waals surface area contributed by atoms with Crippen LogP contribution >= 0.6 is 0 Å². The Kier molecular flexibility index (Phi) is 7.39. The summed E-state index contributed by atoms with van der Waals surface area (Å²) in [6.07, 6.45) is 4.66.